The molecule has 0 saturated carbocycles. The summed E-state index contributed by atoms with van der Waals surface area (Å²) in [7, 11) is 1.50. The van der Waals surface area contributed by atoms with Crippen LogP contribution in [-0.2, 0) is 4.79 Å². The Hall–Kier alpha value is -1.56. The normalized spacial score (nSPS) is 19.2. The van der Waals surface area contributed by atoms with Gasteiger partial charge in [-0.25, -0.2) is 4.98 Å². The van der Waals surface area contributed by atoms with Gasteiger partial charge in [0.2, 0.25) is 18.2 Å². The molecule has 0 spiro atoms. The predicted octanol–water partition coefficient (Wildman–Crippen LogP) is 0.781. The fourth-order valence-electron chi connectivity index (χ4n) is 1.75. The van der Waals surface area contributed by atoms with Crippen LogP contribution < -0.4 is 10.1 Å². The first-order chi connectivity index (χ1) is 8.22. The molecular formula is C10H13ClN4O2. The Morgan fingerprint density at radius 3 is 3.18 bits per heavy atom. The molecule has 0 radical (unpaired) electrons. The molecule has 1 saturated heterocycles. The molecule has 1 unspecified atom stereocenters. The number of ether oxygens (including phenoxy) is 1. The lowest BCUT2D eigenvalue weighted by Gasteiger charge is -2.13. The number of amides is 1. The van der Waals surface area contributed by atoms with Gasteiger partial charge in [0.05, 0.1) is 13.3 Å². The summed E-state index contributed by atoms with van der Waals surface area (Å²) in [5.74, 6) is 0.804. The molecule has 1 amide bonds. The zero-order valence-corrected chi connectivity index (χ0v) is 10.1. The topological polar surface area (TPSA) is 67.3 Å². The van der Waals surface area contributed by atoms with E-state index in [-0.39, 0.29) is 6.04 Å². The number of likely N-dealkylation sites (tertiary alicyclic amines) is 1. The van der Waals surface area contributed by atoms with E-state index >= 15 is 0 Å². The number of halogens is 1. The van der Waals surface area contributed by atoms with E-state index in [9.17, 15) is 4.79 Å². The Morgan fingerprint density at radius 2 is 2.53 bits per heavy atom. The summed E-state index contributed by atoms with van der Waals surface area (Å²) in [6.45, 7) is 1.42. The quantitative estimate of drug-likeness (QED) is 0.807. The number of aromatic nitrogens is 2. The van der Waals surface area contributed by atoms with Crippen LogP contribution in [0.5, 0.6) is 5.88 Å². The Morgan fingerprint density at radius 1 is 1.71 bits per heavy atom. The van der Waals surface area contributed by atoms with E-state index in [0.29, 0.717) is 23.4 Å². The standard InChI is InChI=1S/C10H13ClN4O2/c1-17-9-8(11)4-12-10(14-9)13-7-2-3-15(5-7)6-16/h4,6-7H,2-3,5H2,1H3,(H,12,13,14). The van der Waals surface area contributed by atoms with E-state index in [1.807, 2.05) is 0 Å². The molecule has 92 valence electrons. The van der Waals surface area contributed by atoms with Crippen LogP contribution in [0.4, 0.5) is 5.95 Å². The number of nitrogens with zero attached hydrogens (tertiary/aromatic N) is 3. The predicted molar refractivity (Wildman–Crippen MR) is 63.3 cm³/mol. The molecule has 17 heavy (non-hydrogen) atoms. The molecule has 0 bridgehead atoms. The van der Waals surface area contributed by atoms with E-state index < -0.39 is 0 Å². The summed E-state index contributed by atoms with van der Waals surface area (Å²) in [5.41, 5.74) is 0. The van der Waals surface area contributed by atoms with Gasteiger partial charge in [-0.05, 0) is 6.42 Å². The first-order valence-corrected chi connectivity index (χ1v) is 5.63. The molecule has 2 heterocycles. The first-order valence-electron chi connectivity index (χ1n) is 5.25. The molecule has 1 fully saturated rings. The average molecular weight is 257 g/mol. The summed E-state index contributed by atoms with van der Waals surface area (Å²) < 4.78 is 5.00. The number of methoxy groups -OCH3 is 1. The number of hydrogen-bond donors (Lipinski definition) is 1. The second kappa shape index (κ2) is 5.18. The highest BCUT2D eigenvalue weighted by Gasteiger charge is 2.21. The molecule has 1 N–H and O–H groups in total. The summed E-state index contributed by atoms with van der Waals surface area (Å²) >= 11 is 5.83. The molecule has 0 aliphatic carbocycles. The van der Waals surface area contributed by atoms with Gasteiger partial charge in [0, 0.05) is 19.1 Å². The zero-order chi connectivity index (χ0) is 12.3. The summed E-state index contributed by atoms with van der Waals surface area (Å²) in [5, 5.41) is 3.52. The van der Waals surface area contributed by atoms with Crippen LogP contribution in [0.1, 0.15) is 6.42 Å². The van der Waals surface area contributed by atoms with Gasteiger partial charge in [0.15, 0.2) is 0 Å². The van der Waals surface area contributed by atoms with E-state index in [4.69, 9.17) is 16.3 Å². The maximum absolute atomic E-state index is 10.6. The molecule has 1 aromatic heterocycles. The molecule has 6 nitrogen and oxygen atoms in total. The average Bonchev–Trinajstić information content (AvgIpc) is 2.79. The number of nitrogens with one attached hydrogen (secondary N) is 1. The second-order valence-corrected chi connectivity index (χ2v) is 4.19. The summed E-state index contributed by atoms with van der Waals surface area (Å²) in [6, 6.07) is 0.172. The Labute approximate surface area is 104 Å². The van der Waals surface area contributed by atoms with Crippen molar-refractivity contribution in [1.29, 1.82) is 0 Å². The lowest BCUT2D eigenvalue weighted by molar-refractivity contribution is -0.117. The smallest absolute Gasteiger partial charge is 0.237 e. The minimum Gasteiger partial charge on any atom is -0.480 e. The molecular weight excluding hydrogens is 244 g/mol. The maximum atomic E-state index is 10.6. The van der Waals surface area contributed by atoms with Crippen LogP contribution >= 0.6 is 11.6 Å². The maximum Gasteiger partial charge on any atom is 0.237 e. The van der Waals surface area contributed by atoms with Crippen molar-refractivity contribution in [3.8, 4) is 5.88 Å². The fourth-order valence-corrected chi connectivity index (χ4v) is 1.92. The lowest BCUT2D eigenvalue weighted by atomic mass is 10.3. The van der Waals surface area contributed by atoms with Gasteiger partial charge in [-0.1, -0.05) is 11.6 Å². The highest BCUT2D eigenvalue weighted by atomic mass is 35.5. The lowest BCUT2D eigenvalue weighted by Crippen LogP contribution is -2.26. The number of rotatable bonds is 4. The molecule has 2 rings (SSSR count). The van der Waals surface area contributed by atoms with Crippen molar-refractivity contribution in [3.05, 3.63) is 11.2 Å². The Kier molecular flexibility index (Phi) is 3.63. The van der Waals surface area contributed by atoms with Crippen molar-refractivity contribution < 1.29 is 9.53 Å². The van der Waals surface area contributed by atoms with Crippen LogP contribution in [0.3, 0.4) is 0 Å². The zero-order valence-electron chi connectivity index (χ0n) is 9.39. The van der Waals surface area contributed by atoms with Crippen molar-refractivity contribution in [2.75, 3.05) is 25.5 Å². The number of hydrogen-bond acceptors (Lipinski definition) is 5. The third-order valence-electron chi connectivity index (χ3n) is 2.61. The van der Waals surface area contributed by atoms with Crippen LogP contribution in [0.2, 0.25) is 5.02 Å². The first kappa shape index (κ1) is 11.9. The molecule has 1 aromatic rings. The van der Waals surface area contributed by atoms with Gasteiger partial charge < -0.3 is 15.0 Å². The van der Waals surface area contributed by atoms with Crippen LogP contribution in [-0.4, -0.2) is 47.5 Å². The van der Waals surface area contributed by atoms with Crippen LogP contribution in [0.25, 0.3) is 0 Å². The SMILES string of the molecule is COc1nc(NC2CCN(C=O)C2)ncc1Cl. The van der Waals surface area contributed by atoms with Gasteiger partial charge in [-0.2, -0.15) is 4.98 Å². The largest absolute Gasteiger partial charge is 0.480 e. The van der Waals surface area contributed by atoms with Crippen molar-refractivity contribution >= 4 is 24.0 Å². The number of carbonyl (C=O) groups is 1. The Balaban J connectivity index is 2.02. The molecule has 7 heteroatoms. The molecule has 1 atom stereocenters. The fraction of sp³-hybridized carbons (Fsp3) is 0.500. The van der Waals surface area contributed by atoms with Gasteiger partial charge in [0.25, 0.3) is 0 Å². The highest BCUT2D eigenvalue weighted by molar-refractivity contribution is 6.31. The van der Waals surface area contributed by atoms with Gasteiger partial charge in [-0.15, -0.1) is 0 Å². The highest BCUT2D eigenvalue weighted by Crippen LogP contribution is 2.22. The minimum absolute atomic E-state index is 0.172. The van der Waals surface area contributed by atoms with Crippen molar-refractivity contribution in [3.63, 3.8) is 0 Å². The summed E-state index contributed by atoms with van der Waals surface area (Å²) in [6.07, 6.45) is 3.22. The van der Waals surface area contributed by atoms with Gasteiger partial charge in [0.1, 0.15) is 5.02 Å². The van der Waals surface area contributed by atoms with Crippen molar-refractivity contribution in [2.24, 2.45) is 0 Å². The number of anilines is 1. The molecule has 1 aliphatic heterocycles. The van der Waals surface area contributed by atoms with E-state index in [2.05, 4.69) is 15.3 Å². The van der Waals surface area contributed by atoms with Crippen LogP contribution in [0.15, 0.2) is 6.20 Å². The second-order valence-electron chi connectivity index (χ2n) is 3.78. The number of carbonyl (C=O) groups excluding carboxylic acids is 1. The third kappa shape index (κ3) is 2.76. The molecule has 0 aromatic carbocycles. The van der Waals surface area contributed by atoms with Crippen molar-refractivity contribution in [2.45, 2.75) is 12.5 Å². The Bertz CT molecular complexity index is 415. The van der Waals surface area contributed by atoms with Crippen LogP contribution in [0, 0.1) is 0 Å². The summed E-state index contributed by atoms with van der Waals surface area (Å²) in [4.78, 5) is 20.5. The molecule has 1 aliphatic rings. The van der Waals surface area contributed by atoms with Gasteiger partial charge in [-0.3, -0.25) is 4.79 Å². The van der Waals surface area contributed by atoms with E-state index in [0.717, 1.165) is 19.4 Å². The minimum atomic E-state index is 0.172. The third-order valence-corrected chi connectivity index (χ3v) is 2.87. The van der Waals surface area contributed by atoms with E-state index in [1.165, 1.54) is 13.3 Å². The monoisotopic (exact) mass is 256 g/mol. The van der Waals surface area contributed by atoms with E-state index in [1.54, 1.807) is 4.90 Å². The van der Waals surface area contributed by atoms with Gasteiger partial charge >= 0.3 is 0 Å². The van der Waals surface area contributed by atoms with Crippen molar-refractivity contribution in [1.82, 2.24) is 14.9 Å².